The van der Waals surface area contributed by atoms with Crippen LogP contribution in [0.4, 0.5) is 0 Å². The standard InChI is InChI=1S/C52H34N4O/c1-4-15-33(16-5-1)36-27-29-42(39-23-12-10-21-37(36)39)46-32-31-45-48-43(25-14-26-47(48)57-52(45)53-46)41-28-30-44(40-24-13-11-22-38(40)41)51-55-49(34-17-6-2-7-18-34)54-50(56-51)35-19-8-3-9-20-35/h1-32,49H,(H,54,55,56). The highest BCUT2D eigenvalue weighted by atomic mass is 16.3. The third-order valence-electron chi connectivity index (χ3n) is 11.0. The summed E-state index contributed by atoms with van der Waals surface area (Å²) < 4.78 is 6.57. The van der Waals surface area contributed by atoms with Crippen LogP contribution in [0.3, 0.4) is 0 Å². The highest BCUT2D eigenvalue weighted by Gasteiger charge is 2.24. The van der Waals surface area contributed by atoms with Gasteiger partial charge in [-0.1, -0.05) is 176 Å². The van der Waals surface area contributed by atoms with Crippen LogP contribution in [0.5, 0.6) is 0 Å². The molecule has 0 saturated carbocycles. The topological polar surface area (TPSA) is 62.8 Å². The molecule has 0 radical (unpaired) electrons. The van der Waals surface area contributed by atoms with Crippen LogP contribution >= 0.6 is 0 Å². The number of furan rings is 1. The first-order valence-electron chi connectivity index (χ1n) is 19.2. The summed E-state index contributed by atoms with van der Waals surface area (Å²) in [7, 11) is 0. The van der Waals surface area contributed by atoms with Crippen molar-refractivity contribution >= 4 is 55.3 Å². The molecule has 1 unspecified atom stereocenters. The van der Waals surface area contributed by atoms with E-state index in [1.807, 2.05) is 42.5 Å². The Morgan fingerprint density at radius 3 is 1.74 bits per heavy atom. The maximum atomic E-state index is 6.57. The van der Waals surface area contributed by atoms with Crippen molar-refractivity contribution < 1.29 is 4.42 Å². The van der Waals surface area contributed by atoms with Gasteiger partial charge in [0.25, 0.3) is 0 Å². The van der Waals surface area contributed by atoms with Crippen molar-refractivity contribution in [2.75, 3.05) is 0 Å². The van der Waals surface area contributed by atoms with Gasteiger partial charge in [-0.05, 0) is 67.6 Å². The van der Waals surface area contributed by atoms with Crippen LogP contribution in [0, 0.1) is 0 Å². The Morgan fingerprint density at radius 1 is 0.421 bits per heavy atom. The van der Waals surface area contributed by atoms with E-state index in [0.717, 1.165) is 77.4 Å². The van der Waals surface area contributed by atoms with E-state index >= 15 is 0 Å². The fraction of sp³-hybridized carbons (Fsp3) is 0.0192. The fourth-order valence-electron chi connectivity index (χ4n) is 8.32. The van der Waals surface area contributed by atoms with E-state index in [2.05, 4.69) is 157 Å². The van der Waals surface area contributed by atoms with Crippen molar-refractivity contribution in [1.82, 2.24) is 10.3 Å². The van der Waals surface area contributed by atoms with Gasteiger partial charge in [0.2, 0.25) is 5.71 Å². The van der Waals surface area contributed by atoms with Crippen LogP contribution in [0.15, 0.2) is 209 Å². The Bertz CT molecular complexity index is 3200. The summed E-state index contributed by atoms with van der Waals surface area (Å²) >= 11 is 0. The second-order valence-corrected chi connectivity index (χ2v) is 14.3. The normalized spacial score (nSPS) is 14.1. The summed E-state index contributed by atoms with van der Waals surface area (Å²) in [4.78, 5) is 15.4. The van der Waals surface area contributed by atoms with Gasteiger partial charge in [0.1, 0.15) is 17.6 Å². The molecule has 8 aromatic carbocycles. The molecule has 1 aliphatic heterocycles. The second kappa shape index (κ2) is 13.6. The predicted octanol–water partition coefficient (Wildman–Crippen LogP) is 12.8. The summed E-state index contributed by atoms with van der Waals surface area (Å²) in [6, 6.07) is 67.6. The SMILES string of the molecule is c1ccc(C2=NC(c3ccccc3)NC(c3ccc(-c4cccc5oc6nc(-c7ccc(-c8ccccc8)c8ccccc78)ccc6c45)c4ccccc34)=N2)cc1. The maximum absolute atomic E-state index is 6.57. The van der Waals surface area contributed by atoms with E-state index in [4.69, 9.17) is 19.4 Å². The molecule has 5 nitrogen and oxygen atoms in total. The Hall–Kier alpha value is -7.63. The van der Waals surface area contributed by atoms with Gasteiger partial charge in [0, 0.05) is 27.5 Å². The highest BCUT2D eigenvalue weighted by Crippen LogP contribution is 2.41. The van der Waals surface area contributed by atoms with Gasteiger partial charge in [-0.25, -0.2) is 15.0 Å². The Kier molecular flexibility index (Phi) is 7.81. The number of rotatable bonds is 6. The zero-order chi connectivity index (χ0) is 37.7. The van der Waals surface area contributed by atoms with Crippen LogP contribution in [0.2, 0.25) is 0 Å². The first kappa shape index (κ1) is 32.8. The first-order valence-corrected chi connectivity index (χ1v) is 19.2. The number of aliphatic imine (C=N–C) groups is 2. The van der Waals surface area contributed by atoms with Crippen molar-refractivity contribution in [3.63, 3.8) is 0 Å². The first-order chi connectivity index (χ1) is 28.3. The molecule has 0 aliphatic carbocycles. The van der Waals surface area contributed by atoms with Gasteiger partial charge in [-0.2, -0.15) is 0 Å². The largest absolute Gasteiger partial charge is 0.438 e. The van der Waals surface area contributed by atoms with Crippen LogP contribution in [-0.4, -0.2) is 16.7 Å². The number of benzene rings is 8. The molecule has 1 N–H and O–H groups in total. The summed E-state index contributed by atoms with van der Waals surface area (Å²) in [5, 5.41) is 10.3. The molecule has 1 atom stereocenters. The van der Waals surface area contributed by atoms with Gasteiger partial charge in [-0.3, -0.25) is 0 Å². The van der Waals surface area contributed by atoms with E-state index in [-0.39, 0.29) is 6.17 Å². The number of hydrogen-bond acceptors (Lipinski definition) is 5. The maximum Gasteiger partial charge on any atom is 0.227 e. The van der Waals surface area contributed by atoms with Crippen LogP contribution < -0.4 is 5.32 Å². The molecule has 0 saturated heterocycles. The van der Waals surface area contributed by atoms with E-state index in [9.17, 15) is 0 Å². The molecule has 10 aromatic rings. The smallest absolute Gasteiger partial charge is 0.227 e. The predicted molar refractivity (Wildman–Crippen MR) is 235 cm³/mol. The average Bonchev–Trinajstić information content (AvgIpc) is 3.67. The zero-order valence-corrected chi connectivity index (χ0v) is 30.8. The summed E-state index contributed by atoms with van der Waals surface area (Å²) in [6.07, 6.45) is -0.282. The van der Waals surface area contributed by atoms with Gasteiger partial charge in [0.05, 0.1) is 5.69 Å². The van der Waals surface area contributed by atoms with E-state index in [1.54, 1.807) is 0 Å². The minimum Gasteiger partial charge on any atom is -0.438 e. The number of hydrogen-bond donors (Lipinski definition) is 1. The van der Waals surface area contributed by atoms with Gasteiger partial charge < -0.3 is 9.73 Å². The van der Waals surface area contributed by atoms with E-state index < -0.39 is 0 Å². The van der Waals surface area contributed by atoms with Crippen molar-refractivity contribution in [3.05, 3.63) is 211 Å². The number of nitrogens with zero attached hydrogens (tertiary/aromatic N) is 3. The van der Waals surface area contributed by atoms with Crippen molar-refractivity contribution in [3.8, 4) is 33.5 Å². The molecule has 0 amide bonds. The Balaban J connectivity index is 1.03. The molecule has 1 aliphatic rings. The lowest BCUT2D eigenvalue weighted by Gasteiger charge is -2.24. The number of aromatic nitrogens is 1. The molecule has 0 spiro atoms. The summed E-state index contributed by atoms with van der Waals surface area (Å²) in [5.41, 5.74) is 11.0. The van der Waals surface area contributed by atoms with Crippen LogP contribution in [0.1, 0.15) is 22.9 Å². The average molecular weight is 731 g/mol. The monoisotopic (exact) mass is 730 g/mol. The molecule has 5 heteroatoms. The molecule has 2 aromatic heterocycles. The molecule has 268 valence electrons. The van der Waals surface area contributed by atoms with Gasteiger partial charge >= 0.3 is 0 Å². The Labute approximate surface area is 329 Å². The lowest BCUT2D eigenvalue weighted by molar-refractivity contribution is 0.655. The third kappa shape index (κ3) is 5.68. The lowest BCUT2D eigenvalue weighted by Crippen LogP contribution is -2.33. The quantitative estimate of drug-likeness (QED) is 0.185. The Morgan fingerprint density at radius 2 is 1.00 bits per heavy atom. The molecular weight excluding hydrogens is 697 g/mol. The highest BCUT2D eigenvalue weighted by molar-refractivity contribution is 6.21. The molecular formula is C52H34N4O. The number of pyridine rings is 1. The minimum absolute atomic E-state index is 0.282. The number of nitrogens with one attached hydrogen (secondary N) is 1. The molecule has 3 heterocycles. The lowest BCUT2D eigenvalue weighted by atomic mass is 9.92. The molecule has 57 heavy (non-hydrogen) atoms. The zero-order valence-electron chi connectivity index (χ0n) is 30.8. The van der Waals surface area contributed by atoms with E-state index in [0.29, 0.717) is 11.5 Å². The molecule has 11 rings (SSSR count). The minimum atomic E-state index is -0.282. The van der Waals surface area contributed by atoms with Crippen molar-refractivity contribution in [2.45, 2.75) is 6.17 Å². The number of fused-ring (bicyclic) bond motifs is 5. The van der Waals surface area contributed by atoms with Crippen LogP contribution in [-0.2, 0) is 0 Å². The van der Waals surface area contributed by atoms with Crippen LogP contribution in [0.25, 0.3) is 77.1 Å². The van der Waals surface area contributed by atoms with Crippen molar-refractivity contribution in [2.24, 2.45) is 9.98 Å². The molecule has 0 bridgehead atoms. The summed E-state index contributed by atoms with van der Waals surface area (Å²) in [5.74, 6) is 1.49. The fourth-order valence-corrected chi connectivity index (χ4v) is 8.32. The molecule has 0 fully saturated rings. The van der Waals surface area contributed by atoms with Gasteiger partial charge in [0.15, 0.2) is 5.84 Å². The number of amidine groups is 2. The van der Waals surface area contributed by atoms with E-state index in [1.165, 1.54) is 16.5 Å². The van der Waals surface area contributed by atoms with Crippen molar-refractivity contribution in [1.29, 1.82) is 0 Å². The van der Waals surface area contributed by atoms with Gasteiger partial charge in [-0.15, -0.1) is 0 Å². The second-order valence-electron chi connectivity index (χ2n) is 14.3. The summed E-state index contributed by atoms with van der Waals surface area (Å²) in [6.45, 7) is 0. The third-order valence-corrected chi connectivity index (χ3v) is 11.0.